The lowest BCUT2D eigenvalue weighted by atomic mass is 10.1. The number of aromatic nitrogens is 2. The predicted molar refractivity (Wildman–Crippen MR) is 82.5 cm³/mol. The lowest BCUT2D eigenvalue weighted by Crippen LogP contribution is -2.05. The van der Waals surface area contributed by atoms with Crippen LogP contribution in [0.2, 0.25) is 5.02 Å². The van der Waals surface area contributed by atoms with E-state index >= 15 is 0 Å². The van der Waals surface area contributed by atoms with Crippen LogP contribution in [-0.2, 0) is 0 Å². The number of H-pyrrole nitrogens is 1. The van der Waals surface area contributed by atoms with Crippen LogP contribution in [0.3, 0.4) is 0 Å². The monoisotopic (exact) mass is 301 g/mol. The van der Waals surface area contributed by atoms with Crippen molar-refractivity contribution in [2.75, 3.05) is 5.32 Å². The lowest BCUT2D eigenvalue weighted by molar-refractivity contribution is 0.0697. The third-order valence-electron chi connectivity index (χ3n) is 3.19. The van der Waals surface area contributed by atoms with Gasteiger partial charge in [0.15, 0.2) is 0 Å². The lowest BCUT2D eigenvalue weighted by Gasteiger charge is -2.10. The number of fused-ring (bicyclic) bond motifs is 1. The number of rotatable bonds is 3. The number of anilines is 2. The van der Waals surface area contributed by atoms with Gasteiger partial charge < -0.3 is 15.4 Å². The van der Waals surface area contributed by atoms with Gasteiger partial charge in [0.05, 0.1) is 11.2 Å². The van der Waals surface area contributed by atoms with Crippen molar-refractivity contribution in [3.8, 4) is 0 Å². The molecule has 106 valence electrons. The number of benzene rings is 1. The Kier molecular flexibility index (Phi) is 3.27. The molecule has 0 fully saturated rings. The first-order chi connectivity index (χ1) is 10.1. The van der Waals surface area contributed by atoms with Gasteiger partial charge in [0.25, 0.3) is 0 Å². The molecule has 0 aliphatic rings. The molecule has 0 bridgehead atoms. The average Bonchev–Trinajstić information content (AvgIpc) is 2.87. The number of carboxylic acids is 1. The van der Waals surface area contributed by atoms with Crippen LogP contribution in [0.5, 0.6) is 0 Å². The molecule has 0 saturated carbocycles. The van der Waals surface area contributed by atoms with Gasteiger partial charge >= 0.3 is 5.97 Å². The van der Waals surface area contributed by atoms with Crippen molar-refractivity contribution in [3.05, 3.63) is 52.8 Å². The molecule has 2 aromatic heterocycles. The van der Waals surface area contributed by atoms with E-state index in [4.69, 9.17) is 11.6 Å². The number of halogens is 1. The Hall–Kier alpha value is -2.53. The van der Waals surface area contributed by atoms with Gasteiger partial charge in [0, 0.05) is 22.3 Å². The van der Waals surface area contributed by atoms with Crippen LogP contribution in [0.25, 0.3) is 10.9 Å². The van der Waals surface area contributed by atoms with Crippen molar-refractivity contribution in [1.29, 1.82) is 0 Å². The minimum Gasteiger partial charge on any atom is -0.478 e. The van der Waals surface area contributed by atoms with Gasteiger partial charge in [-0.2, -0.15) is 0 Å². The predicted octanol–water partition coefficient (Wildman–Crippen LogP) is 3.97. The first-order valence-corrected chi connectivity index (χ1v) is 6.67. The molecule has 0 radical (unpaired) electrons. The molecule has 0 aliphatic heterocycles. The maximum Gasteiger partial charge on any atom is 0.339 e. The number of carboxylic acid groups (broad SMARTS) is 1. The molecule has 1 aromatic carbocycles. The molecular formula is C15H12ClN3O2. The molecule has 0 saturated heterocycles. The van der Waals surface area contributed by atoms with E-state index in [1.165, 1.54) is 0 Å². The Morgan fingerprint density at radius 2 is 2.19 bits per heavy atom. The summed E-state index contributed by atoms with van der Waals surface area (Å²) in [6, 6.07) is 9.05. The molecule has 0 atom stereocenters. The number of aryl methyl sites for hydroxylation is 1. The van der Waals surface area contributed by atoms with Crippen LogP contribution in [0, 0.1) is 6.92 Å². The van der Waals surface area contributed by atoms with Gasteiger partial charge in [0.1, 0.15) is 11.4 Å². The highest BCUT2D eigenvalue weighted by Gasteiger charge is 2.17. The largest absolute Gasteiger partial charge is 0.478 e. The number of nitrogens with zero attached hydrogens (tertiary/aromatic N) is 1. The molecule has 21 heavy (non-hydrogen) atoms. The highest BCUT2D eigenvalue weighted by Crippen LogP contribution is 2.29. The maximum atomic E-state index is 11.4. The number of carbonyl (C=O) groups is 1. The van der Waals surface area contributed by atoms with E-state index in [1.54, 1.807) is 31.3 Å². The fourth-order valence-electron chi connectivity index (χ4n) is 2.30. The number of hydrogen-bond acceptors (Lipinski definition) is 3. The third kappa shape index (κ3) is 2.43. The molecule has 2 heterocycles. The standard InChI is InChI=1S/C15H12ClN3O2/c1-8-12(15(20)21)13-11(5-6-17-13)14(18-8)19-10-4-2-3-9(16)7-10/h2-7,17H,1H3,(H,18,19)(H,20,21). The molecule has 0 aliphatic carbocycles. The fraction of sp³-hybridized carbons (Fsp3) is 0.0667. The van der Waals surface area contributed by atoms with Crippen molar-refractivity contribution in [1.82, 2.24) is 9.97 Å². The summed E-state index contributed by atoms with van der Waals surface area (Å²) in [5, 5.41) is 13.8. The zero-order valence-electron chi connectivity index (χ0n) is 11.1. The van der Waals surface area contributed by atoms with Crippen LogP contribution in [-0.4, -0.2) is 21.0 Å². The Morgan fingerprint density at radius 1 is 1.38 bits per heavy atom. The summed E-state index contributed by atoms with van der Waals surface area (Å²) in [6.45, 7) is 1.67. The van der Waals surface area contributed by atoms with Crippen LogP contribution < -0.4 is 5.32 Å². The smallest absolute Gasteiger partial charge is 0.339 e. The van der Waals surface area contributed by atoms with Gasteiger partial charge in [-0.25, -0.2) is 9.78 Å². The zero-order chi connectivity index (χ0) is 15.0. The van der Waals surface area contributed by atoms with Gasteiger partial charge in [-0.15, -0.1) is 0 Å². The van der Waals surface area contributed by atoms with Crippen LogP contribution in [0.4, 0.5) is 11.5 Å². The number of hydrogen-bond donors (Lipinski definition) is 3. The number of aromatic amines is 1. The van der Waals surface area contributed by atoms with Crippen LogP contribution in [0.1, 0.15) is 16.1 Å². The maximum absolute atomic E-state index is 11.4. The van der Waals surface area contributed by atoms with Gasteiger partial charge in [-0.3, -0.25) is 0 Å². The second-order valence-corrected chi connectivity index (χ2v) is 5.06. The van der Waals surface area contributed by atoms with E-state index in [-0.39, 0.29) is 5.56 Å². The molecule has 3 rings (SSSR count). The summed E-state index contributed by atoms with van der Waals surface area (Å²) in [5.74, 6) is -0.405. The number of nitrogens with one attached hydrogen (secondary N) is 2. The second kappa shape index (κ2) is 5.10. The van der Waals surface area contributed by atoms with Crippen LogP contribution >= 0.6 is 11.6 Å². The summed E-state index contributed by atoms with van der Waals surface area (Å²) < 4.78 is 0. The SMILES string of the molecule is Cc1nc(Nc2cccc(Cl)c2)c2cc[nH]c2c1C(=O)O. The molecule has 0 amide bonds. The van der Waals surface area contributed by atoms with Gasteiger partial charge in [-0.1, -0.05) is 17.7 Å². The summed E-state index contributed by atoms with van der Waals surface area (Å²) in [7, 11) is 0. The Balaban J connectivity index is 2.14. The summed E-state index contributed by atoms with van der Waals surface area (Å²) in [6.07, 6.45) is 1.70. The van der Waals surface area contributed by atoms with Crippen molar-refractivity contribution in [3.63, 3.8) is 0 Å². The Labute approximate surface area is 125 Å². The van der Waals surface area contributed by atoms with E-state index in [9.17, 15) is 9.90 Å². The van der Waals surface area contributed by atoms with E-state index in [0.717, 1.165) is 11.1 Å². The fourth-order valence-corrected chi connectivity index (χ4v) is 2.49. The van der Waals surface area contributed by atoms with E-state index in [1.807, 2.05) is 12.1 Å². The quantitative estimate of drug-likeness (QED) is 0.684. The van der Waals surface area contributed by atoms with E-state index in [0.29, 0.717) is 22.1 Å². The van der Waals surface area contributed by atoms with Crippen molar-refractivity contribution < 1.29 is 9.90 Å². The Morgan fingerprint density at radius 3 is 2.90 bits per heavy atom. The van der Waals surface area contributed by atoms with Gasteiger partial charge in [-0.05, 0) is 31.2 Å². The van der Waals surface area contributed by atoms with E-state index in [2.05, 4.69) is 15.3 Å². The summed E-state index contributed by atoms with van der Waals surface area (Å²) in [4.78, 5) is 18.7. The molecule has 3 N–H and O–H groups in total. The average molecular weight is 302 g/mol. The normalized spacial score (nSPS) is 10.8. The summed E-state index contributed by atoms with van der Waals surface area (Å²) >= 11 is 5.96. The molecular weight excluding hydrogens is 290 g/mol. The topological polar surface area (TPSA) is 78.0 Å². The van der Waals surface area contributed by atoms with Crippen LogP contribution in [0.15, 0.2) is 36.5 Å². The molecule has 0 unspecified atom stereocenters. The highest BCUT2D eigenvalue weighted by molar-refractivity contribution is 6.30. The molecule has 5 nitrogen and oxygen atoms in total. The molecule has 6 heteroatoms. The molecule has 3 aromatic rings. The number of pyridine rings is 1. The summed E-state index contributed by atoms with van der Waals surface area (Å²) in [5.41, 5.74) is 1.98. The van der Waals surface area contributed by atoms with Crippen molar-refractivity contribution >= 4 is 40.0 Å². The minimum absolute atomic E-state index is 0.187. The zero-order valence-corrected chi connectivity index (χ0v) is 11.9. The number of aromatic carboxylic acids is 1. The van der Waals surface area contributed by atoms with Gasteiger partial charge in [0.2, 0.25) is 0 Å². The first kappa shape index (κ1) is 13.5. The second-order valence-electron chi connectivity index (χ2n) is 4.63. The highest BCUT2D eigenvalue weighted by atomic mass is 35.5. The van der Waals surface area contributed by atoms with E-state index < -0.39 is 5.97 Å². The third-order valence-corrected chi connectivity index (χ3v) is 3.43. The van der Waals surface area contributed by atoms with Crippen molar-refractivity contribution in [2.45, 2.75) is 6.92 Å². The first-order valence-electron chi connectivity index (χ1n) is 6.30. The minimum atomic E-state index is -0.998. The Bertz CT molecular complexity index is 842. The van der Waals surface area contributed by atoms with Crippen molar-refractivity contribution in [2.24, 2.45) is 0 Å². The molecule has 0 spiro atoms.